The van der Waals surface area contributed by atoms with E-state index in [1.165, 1.54) is 18.9 Å². The maximum atomic E-state index is 12.5. The van der Waals surface area contributed by atoms with Gasteiger partial charge in [0.1, 0.15) is 6.04 Å². The van der Waals surface area contributed by atoms with Crippen LogP contribution in [0.5, 0.6) is 0 Å². The van der Waals surface area contributed by atoms with Gasteiger partial charge in [0.15, 0.2) is 0 Å². The van der Waals surface area contributed by atoms with E-state index in [9.17, 15) is 9.59 Å². The molecular formula is C20H21N5O3S. The highest BCUT2D eigenvalue weighted by atomic mass is 32.2. The molecule has 0 aliphatic rings. The molecule has 0 aliphatic carbocycles. The molecule has 29 heavy (non-hydrogen) atoms. The van der Waals surface area contributed by atoms with Gasteiger partial charge in [-0.2, -0.15) is 4.68 Å². The van der Waals surface area contributed by atoms with Crippen molar-refractivity contribution in [1.82, 2.24) is 25.5 Å². The zero-order valence-electron chi connectivity index (χ0n) is 16.1. The molecule has 0 fully saturated rings. The molecule has 1 N–H and O–H groups in total. The zero-order chi connectivity index (χ0) is 20.6. The van der Waals surface area contributed by atoms with E-state index in [0.29, 0.717) is 11.6 Å². The number of aromatic nitrogens is 4. The molecule has 1 heterocycles. The summed E-state index contributed by atoms with van der Waals surface area (Å²) in [6.45, 7) is 1.96. The van der Waals surface area contributed by atoms with Gasteiger partial charge < -0.3 is 10.1 Å². The van der Waals surface area contributed by atoms with Crippen LogP contribution in [0.2, 0.25) is 0 Å². The summed E-state index contributed by atoms with van der Waals surface area (Å²) in [4.78, 5) is 24.5. The third kappa shape index (κ3) is 5.41. The fourth-order valence-electron chi connectivity index (χ4n) is 2.77. The lowest BCUT2D eigenvalue weighted by Crippen LogP contribution is -2.43. The lowest BCUT2D eigenvalue weighted by Gasteiger charge is -2.16. The summed E-state index contributed by atoms with van der Waals surface area (Å²) in [5.41, 5.74) is 2.79. The van der Waals surface area contributed by atoms with Crippen LogP contribution in [0.25, 0.3) is 5.69 Å². The smallest absolute Gasteiger partial charge is 0.328 e. The summed E-state index contributed by atoms with van der Waals surface area (Å²) >= 11 is 1.20. The normalized spacial score (nSPS) is 11.7. The van der Waals surface area contributed by atoms with Gasteiger partial charge in [-0.25, -0.2) is 4.79 Å². The van der Waals surface area contributed by atoms with Crippen molar-refractivity contribution in [2.45, 2.75) is 24.5 Å². The second-order valence-electron chi connectivity index (χ2n) is 6.28. The van der Waals surface area contributed by atoms with Gasteiger partial charge in [0.2, 0.25) is 11.1 Å². The molecule has 1 aromatic heterocycles. The predicted octanol–water partition coefficient (Wildman–Crippen LogP) is 1.96. The van der Waals surface area contributed by atoms with Gasteiger partial charge in [-0.05, 0) is 34.5 Å². The number of tetrazole rings is 1. The Hall–Kier alpha value is -3.20. The average Bonchev–Trinajstić information content (AvgIpc) is 3.20. The Kier molecular flexibility index (Phi) is 6.96. The third-order valence-corrected chi connectivity index (χ3v) is 5.14. The number of nitrogens with zero attached hydrogens (tertiary/aromatic N) is 4. The summed E-state index contributed by atoms with van der Waals surface area (Å²) in [5.74, 6) is -0.730. The minimum atomic E-state index is -0.761. The second-order valence-corrected chi connectivity index (χ2v) is 7.22. The SMILES string of the molecule is COC(=O)[C@@H](Cc1ccccc1)NC(=O)CSc1nnnn1-c1ccccc1C. The van der Waals surface area contributed by atoms with Crippen LogP contribution in [0, 0.1) is 6.92 Å². The number of ether oxygens (including phenoxy) is 1. The number of nitrogens with one attached hydrogen (secondary N) is 1. The molecule has 150 valence electrons. The van der Waals surface area contributed by atoms with E-state index in [2.05, 4.69) is 20.8 Å². The number of aryl methyl sites for hydroxylation is 1. The summed E-state index contributed by atoms with van der Waals surface area (Å²) in [6.07, 6.45) is 0.352. The number of benzene rings is 2. The quantitative estimate of drug-likeness (QED) is 0.447. The first-order chi connectivity index (χ1) is 14.1. The Balaban J connectivity index is 1.64. The fourth-order valence-corrected chi connectivity index (χ4v) is 3.47. The summed E-state index contributed by atoms with van der Waals surface area (Å²) in [7, 11) is 1.30. The van der Waals surface area contributed by atoms with Crippen molar-refractivity contribution in [2.24, 2.45) is 0 Å². The molecular weight excluding hydrogens is 390 g/mol. The van der Waals surface area contributed by atoms with Crippen molar-refractivity contribution in [3.63, 3.8) is 0 Å². The Labute approximate surface area is 172 Å². The fraction of sp³-hybridized carbons (Fsp3) is 0.250. The number of hydrogen-bond acceptors (Lipinski definition) is 7. The van der Waals surface area contributed by atoms with Crippen molar-refractivity contribution in [2.75, 3.05) is 12.9 Å². The molecule has 0 saturated heterocycles. The van der Waals surface area contributed by atoms with E-state index >= 15 is 0 Å². The largest absolute Gasteiger partial charge is 0.467 e. The minimum absolute atomic E-state index is 0.0640. The van der Waals surface area contributed by atoms with Crippen LogP contribution in [-0.2, 0) is 20.7 Å². The minimum Gasteiger partial charge on any atom is -0.467 e. The van der Waals surface area contributed by atoms with Crippen molar-refractivity contribution in [3.05, 3.63) is 65.7 Å². The lowest BCUT2D eigenvalue weighted by molar-refractivity contribution is -0.144. The second kappa shape index (κ2) is 9.83. The van der Waals surface area contributed by atoms with E-state index in [-0.39, 0.29) is 11.7 Å². The van der Waals surface area contributed by atoms with Gasteiger partial charge in [-0.3, -0.25) is 4.79 Å². The highest BCUT2D eigenvalue weighted by Crippen LogP contribution is 2.20. The Morgan fingerprint density at radius 2 is 1.86 bits per heavy atom. The Morgan fingerprint density at radius 1 is 1.14 bits per heavy atom. The van der Waals surface area contributed by atoms with Crippen molar-refractivity contribution < 1.29 is 14.3 Å². The monoisotopic (exact) mass is 411 g/mol. The van der Waals surface area contributed by atoms with Crippen LogP contribution in [0.3, 0.4) is 0 Å². The summed E-state index contributed by atoms with van der Waals surface area (Å²) < 4.78 is 6.42. The number of thioether (sulfide) groups is 1. The lowest BCUT2D eigenvalue weighted by atomic mass is 10.1. The Morgan fingerprint density at radius 3 is 2.59 bits per heavy atom. The van der Waals surface area contributed by atoms with Crippen LogP contribution < -0.4 is 5.32 Å². The Bertz CT molecular complexity index is 977. The average molecular weight is 411 g/mol. The molecule has 0 bridgehead atoms. The van der Waals surface area contributed by atoms with Gasteiger partial charge in [-0.15, -0.1) is 5.10 Å². The zero-order valence-corrected chi connectivity index (χ0v) is 16.9. The van der Waals surface area contributed by atoms with E-state index in [4.69, 9.17) is 4.74 Å². The molecule has 3 aromatic rings. The number of methoxy groups -OCH3 is 1. The first kappa shape index (κ1) is 20.5. The van der Waals surface area contributed by atoms with Crippen LogP contribution in [0.15, 0.2) is 59.8 Å². The highest BCUT2D eigenvalue weighted by Gasteiger charge is 2.22. The first-order valence-corrected chi connectivity index (χ1v) is 9.95. The number of rotatable bonds is 8. The van der Waals surface area contributed by atoms with Gasteiger partial charge in [0, 0.05) is 6.42 Å². The van der Waals surface area contributed by atoms with E-state index < -0.39 is 12.0 Å². The topological polar surface area (TPSA) is 99.0 Å². The van der Waals surface area contributed by atoms with Crippen molar-refractivity contribution >= 4 is 23.6 Å². The summed E-state index contributed by atoms with van der Waals surface area (Å²) in [6, 6.07) is 16.4. The molecule has 1 amide bonds. The predicted molar refractivity (Wildman–Crippen MR) is 109 cm³/mol. The number of amides is 1. The molecule has 0 radical (unpaired) electrons. The van der Waals surface area contributed by atoms with Crippen LogP contribution in [0.1, 0.15) is 11.1 Å². The first-order valence-electron chi connectivity index (χ1n) is 8.96. The van der Waals surface area contributed by atoms with Crippen molar-refractivity contribution in [3.8, 4) is 5.69 Å². The molecule has 0 unspecified atom stereocenters. The van der Waals surface area contributed by atoms with Gasteiger partial charge in [0.05, 0.1) is 18.6 Å². The van der Waals surface area contributed by atoms with Crippen LogP contribution >= 0.6 is 11.8 Å². The van der Waals surface area contributed by atoms with Crippen LogP contribution in [0.4, 0.5) is 0 Å². The van der Waals surface area contributed by atoms with E-state index in [1.807, 2.05) is 61.5 Å². The molecule has 2 aromatic carbocycles. The van der Waals surface area contributed by atoms with Gasteiger partial charge >= 0.3 is 5.97 Å². The third-order valence-electron chi connectivity index (χ3n) is 4.22. The van der Waals surface area contributed by atoms with Crippen LogP contribution in [-0.4, -0.2) is 51.0 Å². The maximum absolute atomic E-state index is 12.5. The number of esters is 1. The number of carbonyl (C=O) groups is 2. The molecule has 0 spiro atoms. The van der Waals surface area contributed by atoms with E-state index in [0.717, 1.165) is 16.8 Å². The molecule has 0 aliphatic heterocycles. The molecule has 1 atom stereocenters. The summed E-state index contributed by atoms with van der Waals surface area (Å²) in [5, 5.41) is 15.0. The number of carbonyl (C=O) groups excluding carboxylic acids is 2. The molecule has 0 saturated carbocycles. The number of hydrogen-bond donors (Lipinski definition) is 1. The molecule has 3 rings (SSSR count). The highest BCUT2D eigenvalue weighted by molar-refractivity contribution is 7.99. The maximum Gasteiger partial charge on any atom is 0.328 e. The standard InChI is InChI=1S/C20H21N5O3S/c1-14-8-6-7-11-17(14)25-20(22-23-24-25)29-13-18(26)21-16(19(27)28-2)12-15-9-4-3-5-10-15/h3-11,16H,12-13H2,1-2H3,(H,21,26)/t16-/m1/s1. The number of para-hydroxylation sites is 1. The van der Waals surface area contributed by atoms with Crippen molar-refractivity contribution in [1.29, 1.82) is 0 Å². The van der Waals surface area contributed by atoms with Gasteiger partial charge in [-0.1, -0.05) is 60.3 Å². The van der Waals surface area contributed by atoms with Gasteiger partial charge in [0.25, 0.3) is 0 Å². The van der Waals surface area contributed by atoms with E-state index in [1.54, 1.807) is 4.68 Å². The molecule has 9 heteroatoms. The molecule has 8 nitrogen and oxygen atoms in total.